The molecule has 1 aromatic carbocycles. The van der Waals surface area contributed by atoms with Gasteiger partial charge in [0, 0.05) is 16.1 Å². The lowest BCUT2D eigenvalue weighted by Gasteiger charge is -2.20. The lowest BCUT2D eigenvalue weighted by Crippen LogP contribution is -2.16. The fourth-order valence-corrected chi connectivity index (χ4v) is 2.00. The van der Waals surface area contributed by atoms with Gasteiger partial charge in [0.15, 0.2) is 0 Å². The second kappa shape index (κ2) is 6.26. The smallest absolute Gasteiger partial charge is 0.124 e. The van der Waals surface area contributed by atoms with E-state index in [0.29, 0.717) is 0 Å². The van der Waals surface area contributed by atoms with E-state index in [0.717, 1.165) is 28.6 Å². The summed E-state index contributed by atoms with van der Waals surface area (Å²) in [6, 6.07) is 5.99. The zero-order valence-electron chi connectivity index (χ0n) is 10.2. The predicted octanol–water partition coefficient (Wildman–Crippen LogP) is 4.04. The summed E-state index contributed by atoms with van der Waals surface area (Å²) >= 11 is 3.45. The van der Waals surface area contributed by atoms with E-state index in [1.54, 1.807) is 0 Å². The topological polar surface area (TPSA) is 35.2 Å². The Kier molecular flexibility index (Phi) is 5.29. The van der Waals surface area contributed by atoms with E-state index in [1.165, 1.54) is 0 Å². The van der Waals surface area contributed by atoms with Crippen LogP contribution in [0.1, 0.15) is 45.2 Å². The van der Waals surface area contributed by atoms with Crippen molar-refractivity contribution in [2.45, 2.75) is 45.8 Å². The van der Waals surface area contributed by atoms with Gasteiger partial charge in [-0.25, -0.2) is 0 Å². The van der Waals surface area contributed by atoms with E-state index in [4.69, 9.17) is 10.5 Å². The molecule has 2 N–H and O–H groups in total. The molecule has 0 aromatic heterocycles. The minimum Gasteiger partial charge on any atom is -0.490 e. The number of ether oxygens (including phenoxy) is 1. The Labute approximate surface area is 106 Å². The van der Waals surface area contributed by atoms with E-state index >= 15 is 0 Å². The average molecular weight is 286 g/mol. The number of hydrogen-bond donors (Lipinski definition) is 1. The van der Waals surface area contributed by atoms with Crippen molar-refractivity contribution in [2.75, 3.05) is 0 Å². The van der Waals surface area contributed by atoms with E-state index in [1.807, 2.05) is 25.1 Å². The predicted molar refractivity (Wildman–Crippen MR) is 71.7 cm³/mol. The molecule has 0 aliphatic carbocycles. The van der Waals surface area contributed by atoms with Gasteiger partial charge < -0.3 is 10.5 Å². The van der Waals surface area contributed by atoms with Crippen LogP contribution in [0.4, 0.5) is 0 Å². The van der Waals surface area contributed by atoms with Crippen LogP contribution in [0.3, 0.4) is 0 Å². The monoisotopic (exact) mass is 285 g/mol. The molecule has 0 amide bonds. The molecule has 1 aromatic rings. The molecule has 16 heavy (non-hydrogen) atoms. The van der Waals surface area contributed by atoms with Crippen LogP contribution in [0, 0.1) is 0 Å². The van der Waals surface area contributed by atoms with Crippen molar-refractivity contribution in [3.8, 4) is 5.75 Å². The van der Waals surface area contributed by atoms with Crippen LogP contribution in [-0.2, 0) is 0 Å². The third-order valence-electron chi connectivity index (χ3n) is 2.67. The van der Waals surface area contributed by atoms with Crippen LogP contribution in [0.15, 0.2) is 22.7 Å². The van der Waals surface area contributed by atoms with Crippen LogP contribution in [0.5, 0.6) is 5.75 Å². The summed E-state index contributed by atoms with van der Waals surface area (Å²) in [5, 5.41) is 0. The molecule has 0 radical (unpaired) electrons. The largest absolute Gasteiger partial charge is 0.490 e. The molecule has 2 nitrogen and oxygen atoms in total. The van der Waals surface area contributed by atoms with Gasteiger partial charge in [0.05, 0.1) is 6.10 Å². The second-order valence-corrected chi connectivity index (χ2v) is 4.94. The van der Waals surface area contributed by atoms with Gasteiger partial charge in [-0.2, -0.15) is 0 Å². The number of halogens is 1. The highest BCUT2D eigenvalue weighted by Gasteiger charge is 2.12. The van der Waals surface area contributed by atoms with E-state index < -0.39 is 0 Å². The van der Waals surface area contributed by atoms with Gasteiger partial charge in [-0.15, -0.1) is 0 Å². The normalized spacial score (nSPS) is 12.9. The van der Waals surface area contributed by atoms with Crippen molar-refractivity contribution in [1.29, 1.82) is 0 Å². The Morgan fingerprint density at radius 3 is 2.44 bits per heavy atom. The standard InChI is InChI=1S/C13H20BrNO/c1-4-11(5-2)16-13-7-6-10(14)8-12(13)9(3)15/h6-9,11H,4-5,15H2,1-3H3. The Hall–Kier alpha value is -0.540. The minimum atomic E-state index is -0.0122. The maximum Gasteiger partial charge on any atom is 0.124 e. The minimum absolute atomic E-state index is 0.0122. The molecule has 0 saturated heterocycles. The van der Waals surface area contributed by atoms with Crippen molar-refractivity contribution in [1.82, 2.24) is 0 Å². The van der Waals surface area contributed by atoms with Gasteiger partial charge in [0.25, 0.3) is 0 Å². The molecule has 0 spiro atoms. The van der Waals surface area contributed by atoms with E-state index in [9.17, 15) is 0 Å². The molecule has 0 heterocycles. The van der Waals surface area contributed by atoms with Crippen molar-refractivity contribution < 1.29 is 4.74 Å². The Balaban J connectivity index is 2.94. The first-order chi connectivity index (χ1) is 7.58. The quantitative estimate of drug-likeness (QED) is 0.886. The molecule has 0 aliphatic rings. The third kappa shape index (κ3) is 3.49. The number of nitrogens with two attached hydrogens (primary N) is 1. The highest BCUT2D eigenvalue weighted by Crippen LogP contribution is 2.28. The van der Waals surface area contributed by atoms with Crippen molar-refractivity contribution >= 4 is 15.9 Å². The maximum atomic E-state index is 5.96. The van der Waals surface area contributed by atoms with Gasteiger partial charge in [-0.05, 0) is 38.0 Å². The summed E-state index contributed by atoms with van der Waals surface area (Å²) in [5.74, 6) is 0.909. The summed E-state index contributed by atoms with van der Waals surface area (Å²) in [4.78, 5) is 0. The fourth-order valence-electron chi connectivity index (χ4n) is 1.62. The highest BCUT2D eigenvalue weighted by atomic mass is 79.9. The zero-order chi connectivity index (χ0) is 12.1. The number of hydrogen-bond acceptors (Lipinski definition) is 2. The van der Waals surface area contributed by atoms with Crippen LogP contribution in [-0.4, -0.2) is 6.10 Å². The summed E-state index contributed by atoms with van der Waals surface area (Å²) < 4.78 is 7.00. The zero-order valence-corrected chi connectivity index (χ0v) is 11.8. The summed E-state index contributed by atoms with van der Waals surface area (Å²) in [7, 11) is 0. The SMILES string of the molecule is CCC(CC)Oc1ccc(Br)cc1C(C)N. The van der Waals surface area contributed by atoms with Gasteiger partial charge >= 0.3 is 0 Å². The van der Waals surface area contributed by atoms with Crippen LogP contribution >= 0.6 is 15.9 Å². The van der Waals surface area contributed by atoms with Gasteiger partial charge in [0.2, 0.25) is 0 Å². The van der Waals surface area contributed by atoms with Crippen molar-refractivity contribution in [2.24, 2.45) is 5.73 Å². The molecule has 0 aliphatic heterocycles. The maximum absolute atomic E-state index is 5.96. The molecule has 90 valence electrons. The van der Waals surface area contributed by atoms with Gasteiger partial charge in [-0.1, -0.05) is 29.8 Å². The van der Waals surface area contributed by atoms with Crippen molar-refractivity contribution in [3.63, 3.8) is 0 Å². The first-order valence-electron chi connectivity index (χ1n) is 5.80. The van der Waals surface area contributed by atoms with E-state index in [2.05, 4.69) is 29.8 Å². The highest BCUT2D eigenvalue weighted by molar-refractivity contribution is 9.10. The summed E-state index contributed by atoms with van der Waals surface area (Å²) in [6.45, 7) is 6.25. The molecule has 3 heteroatoms. The third-order valence-corrected chi connectivity index (χ3v) is 3.16. The van der Waals surface area contributed by atoms with Gasteiger partial charge in [0.1, 0.15) is 5.75 Å². The van der Waals surface area contributed by atoms with Crippen LogP contribution in [0.2, 0.25) is 0 Å². The van der Waals surface area contributed by atoms with Crippen LogP contribution in [0.25, 0.3) is 0 Å². The first-order valence-corrected chi connectivity index (χ1v) is 6.59. The Morgan fingerprint density at radius 1 is 1.31 bits per heavy atom. The molecule has 1 rings (SSSR count). The van der Waals surface area contributed by atoms with Gasteiger partial charge in [-0.3, -0.25) is 0 Å². The lowest BCUT2D eigenvalue weighted by molar-refractivity contribution is 0.190. The fraction of sp³-hybridized carbons (Fsp3) is 0.538. The second-order valence-electron chi connectivity index (χ2n) is 4.03. The molecule has 0 fully saturated rings. The molecule has 0 saturated carbocycles. The molecule has 1 atom stereocenters. The summed E-state index contributed by atoms with van der Waals surface area (Å²) in [5.41, 5.74) is 7.00. The molecular weight excluding hydrogens is 266 g/mol. The van der Waals surface area contributed by atoms with Crippen LogP contribution < -0.4 is 10.5 Å². The Bertz CT molecular complexity index is 335. The molecular formula is C13H20BrNO. The van der Waals surface area contributed by atoms with E-state index in [-0.39, 0.29) is 12.1 Å². The number of rotatable bonds is 5. The van der Waals surface area contributed by atoms with Crippen molar-refractivity contribution in [3.05, 3.63) is 28.2 Å². The number of benzene rings is 1. The summed E-state index contributed by atoms with van der Waals surface area (Å²) in [6.07, 6.45) is 2.31. The molecule has 0 bridgehead atoms. The Morgan fingerprint density at radius 2 is 1.94 bits per heavy atom. The first kappa shape index (κ1) is 13.5. The lowest BCUT2D eigenvalue weighted by atomic mass is 10.1. The molecule has 1 unspecified atom stereocenters. The average Bonchev–Trinajstić information content (AvgIpc) is 2.27.